The summed E-state index contributed by atoms with van der Waals surface area (Å²) >= 11 is 0. The van der Waals surface area contributed by atoms with Crippen molar-refractivity contribution in [2.75, 3.05) is 13.2 Å². The molecular weight excluding hydrogens is 316 g/mol. The number of ether oxygens (including phenoxy) is 2. The molecule has 3 aromatic rings. The summed E-state index contributed by atoms with van der Waals surface area (Å²) < 4.78 is 10.7. The molecule has 0 aliphatic heterocycles. The van der Waals surface area contributed by atoms with Crippen LogP contribution in [0.4, 0.5) is 0 Å². The minimum Gasteiger partial charge on any atom is -0.508 e. The van der Waals surface area contributed by atoms with E-state index in [4.69, 9.17) is 9.47 Å². The van der Waals surface area contributed by atoms with Crippen LogP contribution in [0.25, 0.3) is 11.1 Å². The third-order valence-corrected chi connectivity index (χ3v) is 3.65. The molecule has 126 valence electrons. The Bertz CT molecular complexity index is 809. The second kappa shape index (κ2) is 8.02. The van der Waals surface area contributed by atoms with Gasteiger partial charge in [-0.2, -0.15) is 0 Å². The molecular formula is C21H18O4. The van der Waals surface area contributed by atoms with Gasteiger partial charge >= 0.3 is 5.97 Å². The van der Waals surface area contributed by atoms with E-state index in [2.05, 4.69) is 0 Å². The summed E-state index contributed by atoms with van der Waals surface area (Å²) in [4.78, 5) is 12.0. The van der Waals surface area contributed by atoms with Crippen molar-refractivity contribution in [3.63, 3.8) is 0 Å². The van der Waals surface area contributed by atoms with E-state index in [0.29, 0.717) is 12.2 Å². The van der Waals surface area contributed by atoms with Crippen molar-refractivity contribution in [3.05, 3.63) is 84.4 Å². The zero-order valence-corrected chi connectivity index (χ0v) is 13.6. The van der Waals surface area contributed by atoms with Crippen LogP contribution >= 0.6 is 0 Å². The maximum absolute atomic E-state index is 12.0. The fourth-order valence-electron chi connectivity index (χ4n) is 2.35. The van der Waals surface area contributed by atoms with Gasteiger partial charge in [-0.25, -0.2) is 4.79 Å². The molecule has 25 heavy (non-hydrogen) atoms. The lowest BCUT2D eigenvalue weighted by Crippen LogP contribution is -2.12. The highest BCUT2D eigenvalue weighted by atomic mass is 16.6. The van der Waals surface area contributed by atoms with Gasteiger partial charge in [0.05, 0.1) is 5.56 Å². The van der Waals surface area contributed by atoms with Gasteiger partial charge in [0, 0.05) is 0 Å². The van der Waals surface area contributed by atoms with Crippen molar-refractivity contribution in [2.24, 2.45) is 0 Å². The Kier molecular flexibility index (Phi) is 5.32. The van der Waals surface area contributed by atoms with E-state index in [9.17, 15) is 9.90 Å². The highest BCUT2D eigenvalue weighted by molar-refractivity contribution is 5.90. The van der Waals surface area contributed by atoms with Crippen LogP contribution in [0.3, 0.4) is 0 Å². The molecule has 0 saturated carbocycles. The first-order valence-corrected chi connectivity index (χ1v) is 7.97. The Labute approximate surface area is 146 Å². The molecule has 0 unspecified atom stereocenters. The Morgan fingerprint density at radius 1 is 0.760 bits per heavy atom. The Balaban J connectivity index is 1.51. The first kappa shape index (κ1) is 16.6. The molecule has 4 heteroatoms. The number of esters is 1. The van der Waals surface area contributed by atoms with Crippen LogP contribution in [0.2, 0.25) is 0 Å². The van der Waals surface area contributed by atoms with Crippen LogP contribution in [-0.2, 0) is 4.74 Å². The Morgan fingerprint density at radius 2 is 1.36 bits per heavy atom. The van der Waals surface area contributed by atoms with Crippen molar-refractivity contribution in [1.82, 2.24) is 0 Å². The molecule has 3 rings (SSSR count). The van der Waals surface area contributed by atoms with Crippen LogP contribution in [0.5, 0.6) is 11.5 Å². The highest BCUT2D eigenvalue weighted by Crippen LogP contribution is 2.22. The Morgan fingerprint density at radius 3 is 2.00 bits per heavy atom. The molecule has 0 heterocycles. The maximum atomic E-state index is 12.0. The zero-order valence-electron chi connectivity index (χ0n) is 13.6. The van der Waals surface area contributed by atoms with Crippen molar-refractivity contribution < 1.29 is 19.4 Å². The molecule has 0 radical (unpaired) electrons. The van der Waals surface area contributed by atoms with E-state index in [-0.39, 0.29) is 18.3 Å². The Hall–Kier alpha value is -3.27. The first-order chi connectivity index (χ1) is 12.2. The maximum Gasteiger partial charge on any atom is 0.338 e. The van der Waals surface area contributed by atoms with E-state index in [1.165, 1.54) is 0 Å². The number of phenolic OH excluding ortho intramolecular Hbond substituents is 1. The number of hydrogen-bond acceptors (Lipinski definition) is 4. The van der Waals surface area contributed by atoms with Crippen molar-refractivity contribution in [3.8, 4) is 22.6 Å². The number of phenols is 1. The van der Waals surface area contributed by atoms with Crippen LogP contribution in [0, 0.1) is 0 Å². The van der Waals surface area contributed by atoms with E-state index in [1.807, 2.05) is 54.6 Å². The number of para-hydroxylation sites is 1. The lowest BCUT2D eigenvalue weighted by atomic mass is 10.0. The molecule has 3 aromatic carbocycles. The van der Waals surface area contributed by atoms with Gasteiger partial charge in [-0.1, -0.05) is 42.5 Å². The molecule has 0 fully saturated rings. The molecule has 0 saturated heterocycles. The predicted octanol–water partition coefficient (Wildman–Crippen LogP) is 4.30. The van der Waals surface area contributed by atoms with Gasteiger partial charge < -0.3 is 14.6 Å². The number of benzene rings is 3. The summed E-state index contributed by atoms with van der Waals surface area (Å²) in [6, 6.07) is 23.4. The summed E-state index contributed by atoms with van der Waals surface area (Å²) in [5, 5.41) is 9.32. The predicted molar refractivity (Wildman–Crippen MR) is 95.8 cm³/mol. The largest absolute Gasteiger partial charge is 0.508 e. The minimum atomic E-state index is -0.381. The fourth-order valence-corrected chi connectivity index (χ4v) is 2.35. The van der Waals surface area contributed by atoms with Crippen LogP contribution in [-0.4, -0.2) is 24.3 Å². The highest BCUT2D eigenvalue weighted by Gasteiger charge is 2.07. The van der Waals surface area contributed by atoms with E-state index < -0.39 is 0 Å². The van der Waals surface area contributed by atoms with Gasteiger partial charge in [-0.05, 0) is 47.5 Å². The molecule has 0 amide bonds. The summed E-state index contributed by atoms with van der Waals surface area (Å²) in [7, 11) is 0. The van der Waals surface area contributed by atoms with Crippen molar-refractivity contribution in [1.29, 1.82) is 0 Å². The molecule has 0 aromatic heterocycles. The van der Waals surface area contributed by atoms with Gasteiger partial charge in [-0.15, -0.1) is 0 Å². The number of carbonyl (C=O) groups excluding carboxylic acids is 1. The summed E-state index contributed by atoms with van der Waals surface area (Å²) in [6.07, 6.45) is 0. The molecule has 4 nitrogen and oxygen atoms in total. The van der Waals surface area contributed by atoms with Crippen molar-refractivity contribution in [2.45, 2.75) is 0 Å². The lowest BCUT2D eigenvalue weighted by molar-refractivity contribution is 0.0450. The molecule has 0 spiro atoms. The van der Waals surface area contributed by atoms with Gasteiger partial charge in [-0.3, -0.25) is 0 Å². The van der Waals surface area contributed by atoms with Gasteiger partial charge in [0.25, 0.3) is 0 Å². The van der Waals surface area contributed by atoms with E-state index in [1.54, 1.807) is 24.3 Å². The number of rotatable bonds is 6. The summed E-state index contributed by atoms with van der Waals surface area (Å²) in [5.41, 5.74) is 2.42. The van der Waals surface area contributed by atoms with Gasteiger partial charge in [0.1, 0.15) is 24.7 Å². The summed E-state index contributed by atoms with van der Waals surface area (Å²) in [6.45, 7) is 0.495. The van der Waals surface area contributed by atoms with Crippen LogP contribution in [0.1, 0.15) is 10.4 Å². The number of aromatic hydroxyl groups is 1. The number of carbonyl (C=O) groups is 1. The monoisotopic (exact) mass is 334 g/mol. The van der Waals surface area contributed by atoms with E-state index >= 15 is 0 Å². The molecule has 0 aliphatic carbocycles. The smallest absolute Gasteiger partial charge is 0.338 e. The SMILES string of the molecule is O=C(OCCOc1ccccc1)c1ccc(-c2ccc(O)cc2)cc1. The average molecular weight is 334 g/mol. The zero-order chi connectivity index (χ0) is 17.5. The standard InChI is InChI=1S/C21H18O4/c22-19-12-10-17(11-13-19)16-6-8-18(9-7-16)21(23)25-15-14-24-20-4-2-1-3-5-20/h1-13,22H,14-15H2. The normalized spacial score (nSPS) is 10.2. The quantitative estimate of drug-likeness (QED) is 0.539. The topological polar surface area (TPSA) is 55.8 Å². The number of hydrogen-bond donors (Lipinski definition) is 1. The lowest BCUT2D eigenvalue weighted by Gasteiger charge is -2.08. The molecule has 0 bridgehead atoms. The van der Waals surface area contributed by atoms with Gasteiger partial charge in [0.2, 0.25) is 0 Å². The second-order valence-electron chi connectivity index (χ2n) is 5.42. The molecule has 0 aliphatic rings. The average Bonchev–Trinajstić information content (AvgIpc) is 2.67. The minimum absolute atomic E-state index is 0.188. The third-order valence-electron chi connectivity index (χ3n) is 3.65. The second-order valence-corrected chi connectivity index (χ2v) is 5.42. The summed E-state index contributed by atoms with van der Waals surface area (Å²) in [5.74, 6) is 0.590. The van der Waals surface area contributed by atoms with Crippen LogP contribution < -0.4 is 4.74 Å². The van der Waals surface area contributed by atoms with E-state index in [0.717, 1.165) is 16.9 Å². The fraction of sp³-hybridized carbons (Fsp3) is 0.0952. The molecule has 0 atom stereocenters. The van der Waals surface area contributed by atoms with Gasteiger partial charge in [0.15, 0.2) is 0 Å². The third kappa shape index (κ3) is 4.61. The first-order valence-electron chi connectivity index (χ1n) is 7.97. The van der Waals surface area contributed by atoms with Crippen molar-refractivity contribution >= 4 is 5.97 Å². The van der Waals surface area contributed by atoms with Crippen LogP contribution in [0.15, 0.2) is 78.9 Å². The molecule has 1 N–H and O–H groups in total.